The van der Waals surface area contributed by atoms with Crippen molar-refractivity contribution in [2.75, 3.05) is 13.4 Å². The third kappa shape index (κ3) is 1.42. The topological polar surface area (TPSA) is 18.5 Å². The molecule has 0 saturated carbocycles. The Morgan fingerprint density at radius 3 is 1.82 bits per heavy atom. The molecule has 1 rings (SSSR count). The van der Waals surface area contributed by atoms with Gasteiger partial charge in [-0.25, -0.2) is 0 Å². The fourth-order valence-electron chi connectivity index (χ4n) is 1.73. The van der Waals surface area contributed by atoms with Crippen molar-refractivity contribution >= 4 is 0 Å². The first-order chi connectivity index (χ1) is 5.09. The van der Waals surface area contributed by atoms with Crippen molar-refractivity contribution in [1.82, 2.24) is 0 Å². The summed E-state index contributed by atoms with van der Waals surface area (Å²) in [6, 6.07) is 0. The van der Waals surface area contributed by atoms with E-state index in [1.165, 1.54) is 0 Å². The third-order valence-electron chi connectivity index (χ3n) is 2.69. The van der Waals surface area contributed by atoms with Crippen LogP contribution >= 0.6 is 0 Å². The molecular formula is C9H18O2. The summed E-state index contributed by atoms with van der Waals surface area (Å²) in [5.74, 6) is 1.06. The van der Waals surface area contributed by atoms with Gasteiger partial charge in [-0.1, -0.05) is 27.7 Å². The van der Waals surface area contributed by atoms with Gasteiger partial charge in [0.15, 0.2) is 0 Å². The SMILES string of the molecule is CC(C)C1(C(C)C)COCO1. The Labute approximate surface area is 68.9 Å². The molecule has 0 atom stereocenters. The molecule has 0 bridgehead atoms. The lowest BCUT2D eigenvalue weighted by Crippen LogP contribution is -2.43. The van der Waals surface area contributed by atoms with Crippen LogP contribution in [0, 0.1) is 11.8 Å². The quantitative estimate of drug-likeness (QED) is 0.612. The molecule has 0 amide bonds. The van der Waals surface area contributed by atoms with Crippen molar-refractivity contribution in [1.29, 1.82) is 0 Å². The van der Waals surface area contributed by atoms with Gasteiger partial charge in [-0.2, -0.15) is 0 Å². The molecule has 2 heteroatoms. The van der Waals surface area contributed by atoms with Gasteiger partial charge in [0, 0.05) is 0 Å². The zero-order valence-corrected chi connectivity index (χ0v) is 7.89. The van der Waals surface area contributed by atoms with Gasteiger partial charge < -0.3 is 9.47 Å². The summed E-state index contributed by atoms with van der Waals surface area (Å²) in [6.07, 6.45) is 0. The fraction of sp³-hybridized carbons (Fsp3) is 1.00. The highest BCUT2D eigenvalue weighted by molar-refractivity contribution is 4.89. The highest BCUT2D eigenvalue weighted by Gasteiger charge is 2.42. The maximum Gasteiger partial charge on any atom is 0.147 e. The van der Waals surface area contributed by atoms with Crippen molar-refractivity contribution in [3.05, 3.63) is 0 Å². The van der Waals surface area contributed by atoms with Crippen LogP contribution < -0.4 is 0 Å². The average molecular weight is 158 g/mol. The zero-order valence-electron chi connectivity index (χ0n) is 7.89. The summed E-state index contributed by atoms with van der Waals surface area (Å²) in [6.45, 7) is 9.98. The predicted molar refractivity (Wildman–Crippen MR) is 44.3 cm³/mol. The second-order valence-electron chi connectivity index (χ2n) is 3.88. The summed E-state index contributed by atoms with van der Waals surface area (Å²) in [5, 5.41) is 0. The third-order valence-corrected chi connectivity index (χ3v) is 2.69. The van der Waals surface area contributed by atoms with E-state index in [0.29, 0.717) is 18.6 Å². The Morgan fingerprint density at radius 2 is 1.64 bits per heavy atom. The minimum Gasteiger partial charge on any atom is -0.352 e. The summed E-state index contributed by atoms with van der Waals surface area (Å²) in [5.41, 5.74) is -0.0278. The van der Waals surface area contributed by atoms with Crippen molar-refractivity contribution in [3.63, 3.8) is 0 Å². The van der Waals surface area contributed by atoms with Gasteiger partial charge >= 0.3 is 0 Å². The van der Waals surface area contributed by atoms with Gasteiger partial charge in [0.05, 0.1) is 12.2 Å². The van der Waals surface area contributed by atoms with E-state index >= 15 is 0 Å². The van der Waals surface area contributed by atoms with Crippen molar-refractivity contribution in [2.45, 2.75) is 33.3 Å². The monoisotopic (exact) mass is 158 g/mol. The van der Waals surface area contributed by atoms with E-state index in [0.717, 1.165) is 6.61 Å². The smallest absolute Gasteiger partial charge is 0.147 e. The molecule has 1 aliphatic heterocycles. The number of rotatable bonds is 2. The minimum atomic E-state index is -0.0278. The molecule has 0 aromatic heterocycles. The molecule has 2 nitrogen and oxygen atoms in total. The molecule has 0 aromatic carbocycles. The molecule has 1 heterocycles. The van der Waals surface area contributed by atoms with Crippen LogP contribution in [0.5, 0.6) is 0 Å². The number of ether oxygens (including phenoxy) is 2. The van der Waals surface area contributed by atoms with Crippen LogP contribution in [0.4, 0.5) is 0 Å². The van der Waals surface area contributed by atoms with E-state index in [2.05, 4.69) is 27.7 Å². The molecule has 11 heavy (non-hydrogen) atoms. The Balaban J connectivity index is 2.70. The van der Waals surface area contributed by atoms with E-state index in [9.17, 15) is 0 Å². The molecule has 0 unspecified atom stereocenters. The van der Waals surface area contributed by atoms with Crippen LogP contribution in [-0.2, 0) is 9.47 Å². The lowest BCUT2D eigenvalue weighted by molar-refractivity contribution is -0.0661. The normalized spacial score (nSPS) is 23.5. The molecule has 0 radical (unpaired) electrons. The van der Waals surface area contributed by atoms with E-state index in [-0.39, 0.29) is 5.60 Å². The van der Waals surface area contributed by atoms with Crippen molar-refractivity contribution in [3.8, 4) is 0 Å². The predicted octanol–water partition coefficient (Wildman–Crippen LogP) is 2.04. The maximum absolute atomic E-state index is 5.64. The lowest BCUT2D eigenvalue weighted by Gasteiger charge is -2.34. The Hall–Kier alpha value is -0.0800. The molecule has 0 aliphatic carbocycles. The Morgan fingerprint density at radius 1 is 1.09 bits per heavy atom. The molecule has 1 saturated heterocycles. The molecule has 1 fully saturated rings. The minimum absolute atomic E-state index is 0.0278. The van der Waals surface area contributed by atoms with E-state index < -0.39 is 0 Å². The molecule has 0 spiro atoms. The molecular weight excluding hydrogens is 140 g/mol. The van der Waals surface area contributed by atoms with Crippen LogP contribution in [0.25, 0.3) is 0 Å². The zero-order chi connectivity index (χ0) is 8.48. The highest BCUT2D eigenvalue weighted by Crippen LogP contribution is 2.34. The Bertz CT molecular complexity index is 114. The number of hydrogen-bond acceptors (Lipinski definition) is 2. The largest absolute Gasteiger partial charge is 0.352 e. The first kappa shape index (κ1) is 9.01. The van der Waals surface area contributed by atoms with Gasteiger partial charge in [0.25, 0.3) is 0 Å². The van der Waals surface area contributed by atoms with Crippen LogP contribution in [0.1, 0.15) is 27.7 Å². The van der Waals surface area contributed by atoms with Gasteiger partial charge in [0.1, 0.15) is 6.79 Å². The molecule has 66 valence electrons. The van der Waals surface area contributed by atoms with Crippen LogP contribution in [0.2, 0.25) is 0 Å². The van der Waals surface area contributed by atoms with Crippen LogP contribution in [0.15, 0.2) is 0 Å². The maximum atomic E-state index is 5.64. The first-order valence-corrected chi connectivity index (χ1v) is 4.31. The molecule has 0 aromatic rings. The standard InChI is InChI=1S/C9H18O2/c1-7(2)9(8(3)4)5-10-6-11-9/h7-8H,5-6H2,1-4H3. The van der Waals surface area contributed by atoms with Crippen molar-refractivity contribution < 1.29 is 9.47 Å². The van der Waals surface area contributed by atoms with Gasteiger partial charge in [-0.05, 0) is 11.8 Å². The summed E-state index contributed by atoms with van der Waals surface area (Å²) >= 11 is 0. The van der Waals surface area contributed by atoms with E-state index in [1.54, 1.807) is 0 Å². The second kappa shape index (κ2) is 3.11. The van der Waals surface area contributed by atoms with Gasteiger partial charge in [-0.15, -0.1) is 0 Å². The average Bonchev–Trinajstić information content (AvgIpc) is 2.34. The molecule has 1 aliphatic rings. The summed E-state index contributed by atoms with van der Waals surface area (Å²) in [4.78, 5) is 0. The van der Waals surface area contributed by atoms with Crippen LogP contribution in [-0.4, -0.2) is 19.0 Å². The van der Waals surface area contributed by atoms with E-state index in [4.69, 9.17) is 9.47 Å². The second-order valence-corrected chi connectivity index (χ2v) is 3.88. The fourth-order valence-corrected chi connectivity index (χ4v) is 1.73. The number of hydrogen-bond donors (Lipinski definition) is 0. The van der Waals surface area contributed by atoms with Crippen LogP contribution in [0.3, 0.4) is 0 Å². The van der Waals surface area contributed by atoms with E-state index in [1.807, 2.05) is 0 Å². The first-order valence-electron chi connectivity index (χ1n) is 4.31. The molecule has 0 N–H and O–H groups in total. The summed E-state index contributed by atoms with van der Waals surface area (Å²) < 4.78 is 10.9. The summed E-state index contributed by atoms with van der Waals surface area (Å²) in [7, 11) is 0. The highest BCUT2D eigenvalue weighted by atomic mass is 16.7. The Kier molecular flexibility index (Phi) is 2.55. The van der Waals surface area contributed by atoms with Gasteiger partial charge in [0.2, 0.25) is 0 Å². The van der Waals surface area contributed by atoms with Gasteiger partial charge in [-0.3, -0.25) is 0 Å². The van der Waals surface area contributed by atoms with Crippen molar-refractivity contribution in [2.24, 2.45) is 11.8 Å². The lowest BCUT2D eigenvalue weighted by atomic mass is 9.81.